The number of amides is 1. The minimum atomic E-state index is -0.230. The van der Waals surface area contributed by atoms with Crippen LogP contribution in [-0.2, 0) is 0 Å². The predicted octanol–water partition coefficient (Wildman–Crippen LogP) is 5.08. The molecular formula is C19H21Cl3N2O2. The van der Waals surface area contributed by atoms with E-state index in [4.69, 9.17) is 27.9 Å². The number of ether oxygens (including phenoxy) is 1. The molecule has 1 saturated heterocycles. The van der Waals surface area contributed by atoms with Crippen LogP contribution in [0, 0.1) is 0 Å². The first-order valence-electron chi connectivity index (χ1n) is 8.29. The second-order valence-corrected chi connectivity index (χ2v) is 7.01. The van der Waals surface area contributed by atoms with Gasteiger partial charge in [-0.05, 0) is 50.6 Å². The zero-order chi connectivity index (χ0) is 17.8. The van der Waals surface area contributed by atoms with E-state index in [9.17, 15) is 4.79 Å². The number of benzene rings is 2. The van der Waals surface area contributed by atoms with E-state index in [0.717, 1.165) is 19.4 Å². The number of rotatable bonds is 4. The number of hydrogen-bond acceptors (Lipinski definition) is 3. The van der Waals surface area contributed by atoms with Crippen LogP contribution in [0.25, 0.3) is 0 Å². The van der Waals surface area contributed by atoms with Gasteiger partial charge in [0.15, 0.2) is 0 Å². The normalized spacial score (nSPS) is 19.3. The Bertz CT molecular complexity index is 770. The van der Waals surface area contributed by atoms with Gasteiger partial charge in [0.2, 0.25) is 0 Å². The molecule has 0 saturated carbocycles. The van der Waals surface area contributed by atoms with E-state index in [1.807, 2.05) is 12.1 Å². The molecule has 1 heterocycles. The van der Waals surface area contributed by atoms with Crippen molar-refractivity contribution in [2.24, 2.45) is 0 Å². The maximum absolute atomic E-state index is 12.8. The number of carbonyl (C=O) groups excluding carboxylic acids is 1. The Labute approximate surface area is 169 Å². The summed E-state index contributed by atoms with van der Waals surface area (Å²) in [5.41, 5.74) is 0.329. The zero-order valence-corrected chi connectivity index (χ0v) is 16.6. The molecule has 7 heteroatoms. The Morgan fingerprint density at radius 2 is 1.81 bits per heavy atom. The summed E-state index contributed by atoms with van der Waals surface area (Å²) in [5, 5.41) is 7.26. The van der Waals surface area contributed by atoms with Gasteiger partial charge in [0.05, 0.1) is 10.0 Å². The van der Waals surface area contributed by atoms with Gasteiger partial charge in [0.1, 0.15) is 17.1 Å². The van der Waals surface area contributed by atoms with Crippen molar-refractivity contribution in [2.45, 2.75) is 31.8 Å². The molecule has 3 rings (SSSR count). The monoisotopic (exact) mass is 414 g/mol. The molecule has 26 heavy (non-hydrogen) atoms. The lowest BCUT2D eigenvalue weighted by molar-refractivity contribution is 0.0923. The number of carbonyl (C=O) groups is 1. The molecule has 1 amide bonds. The summed E-state index contributed by atoms with van der Waals surface area (Å²) in [6, 6.07) is 12.8. The van der Waals surface area contributed by atoms with E-state index < -0.39 is 0 Å². The molecule has 0 aromatic heterocycles. The van der Waals surface area contributed by atoms with Crippen molar-refractivity contribution in [1.29, 1.82) is 0 Å². The lowest BCUT2D eigenvalue weighted by atomic mass is 10.00. The van der Waals surface area contributed by atoms with Crippen molar-refractivity contribution < 1.29 is 9.53 Å². The highest BCUT2D eigenvalue weighted by Gasteiger charge is 2.24. The Balaban J connectivity index is 0.00000243. The first kappa shape index (κ1) is 20.8. The second kappa shape index (κ2) is 9.47. The SMILES string of the molecule is CC1CC(NC(=O)c2c(Cl)cccc2Oc2ccccc2Cl)CCN1.Cl. The fourth-order valence-electron chi connectivity index (χ4n) is 2.98. The largest absolute Gasteiger partial charge is 0.455 e. The quantitative estimate of drug-likeness (QED) is 0.732. The standard InChI is InChI=1S/C19H20Cl2N2O2.ClH/c1-12-11-13(9-10-22-12)23-19(24)18-15(21)6-4-8-17(18)25-16-7-3-2-5-14(16)20;/h2-8,12-13,22H,9-11H2,1H3,(H,23,24);1H. The first-order chi connectivity index (χ1) is 12.0. The van der Waals surface area contributed by atoms with Crippen LogP contribution in [0.5, 0.6) is 11.5 Å². The smallest absolute Gasteiger partial charge is 0.256 e. The molecule has 2 atom stereocenters. The Morgan fingerprint density at radius 3 is 2.54 bits per heavy atom. The topological polar surface area (TPSA) is 50.4 Å². The van der Waals surface area contributed by atoms with Gasteiger partial charge in [-0.25, -0.2) is 0 Å². The van der Waals surface area contributed by atoms with E-state index in [1.165, 1.54) is 0 Å². The maximum atomic E-state index is 12.8. The third-order valence-corrected chi connectivity index (χ3v) is 4.85. The van der Waals surface area contributed by atoms with Crippen molar-refractivity contribution in [2.75, 3.05) is 6.54 Å². The van der Waals surface area contributed by atoms with Gasteiger partial charge in [-0.2, -0.15) is 0 Å². The van der Waals surface area contributed by atoms with E-state index in [1.54, 1.807) is 30.3 Å². The van der Waals surface area contributed by atoms with Crippen molar-refractivity contribution in [3.63, 3.8) is 0 Å². The molecule has 0 bridgehead atoms. The Morgan fingerprint density at radius 1 is 1.12 bits per heavy atom. The average Bonchev–Trinajstić information content (AvgIpc) is 2.57. The third kappa shape index (κ3) is 5.04. The first-order valence-corrected chi connectivity index (χ1v) is 9.05. The van der Waals surface area contributed by atoms with Gasteiger partial charge < -0.3 is 15.4 Å². The fourth-order valence-corrected chi connectivity index (χ4v) is 3.40. The summed E-state index contributed by atoms with van der Waals surface area (Å²) < 4.78 is 5.86. The van der Waals surface area contributed by atoms with Crippen LogP contribution in [0.4, 0.5) is 0 Å². The van der Waals surface area contributed by atoms with E-state index >= 15 is 0 Å². The molecule has 140 valence electrons. The number of hydrogen-bond donors (Lipinski definition) is 2. The van der Waals surface area contributed by atoms with E-state index in [0.29, 0.717) is 33.1 Å². The lowest BCUT2D eigenvalue weighted by Gasteiger charge is -2.29. The van der Waals surface area contributed by atoms with Crippen LogP contribution in [0.2, 0.25) is 10.0 Å². The molecule has 2 N–H and O–H groups in total. The fraction of sp³-hybridized carbons (Fsp3) is 0.316. The van der Waals surface area contributed by atoms with Gasteiger partial charge >= 0.3 is 0 Å². The number of para-hydroxylation sites is 1. The molecular weight excluding hydrogens is 395 g/mol. The van der Waals surface area contributed by atoms with Crippen molar-refractivity contribution in [1.82, 2.24) is 10.6 Å². The maximum Gasteiger partial charge on any atom is 0.256 e. The Hall–Kier alpha value is -1.46. The van der Waals surface area contributed by atoms with Crippen LogP contribution < -0.4 is 15.4 Å². The number of halogens is 3. The van der Waals surface area contributed by atoms with Gasteiger partial charge in [0, 0.05) is 12.1 Å². The summed E-state index contributed by atoms with van der Waals surface area (Å²) in [5.74, 6) is 0.641. The van der Waals surface area contributed by atoms with Crippen molar-refractivity contribution >= 4 is 41.5 Å². The van der Waals surface area contributed by atoms with Crippen LogP contribution in [0.1, 0.15) is 30.1 Å². The minimum absolute atomic E-state index is 0. The van der Waals surface area contributed by atoms with Crippen molar-refractivity contribution in [3.05, 3.63) is 58.1 Å². The average molecular weight is 416 g/mol. The van der Waals surface area contributed by atoms with Gasteiger partial charge in [-0.15, -0.1) is 12.4 Å². The molecule has 2 unspecified atom stereocenters. The highest BCUT2D eigenvalue weighted by Crippen LogP contribution is 2.34. The summed E-state index contributed by atoms with van der Waals surface area (Å²) in [7, 11) is 0. The van der Waals surface area contributed by atoms with Gasteiger partial charge in [-0.3, -0.25) is 4.79 Å². The third-order valence-electron chi connectivity index (χ3n) is 4.22. The highest BCUT2D eigenvalue weighted by atomic mass is 35.5. The summed E-state index contributed by atoms with van der Waals surface area (Å²) >= 11 is 12.4. The van der Waals surface area contributed by atoms with Crippen LogP contribution >= 0.6 is 35.6 Å². The molecule has 0 spiro atoms. The summed E-state index contributed by atoms with van der Waals surface area (Å²) in [4.78, 5) is 12.8. The number of piperidine rings is 1. The van der Waals surface area contributed by atoms with E-state index in [2.05, 4.69) is 17.6 Å². The summed E-state index contributed by atoms with van der Waals surface area (Å²) in [6.07, 6.45) is 1.78. The molecule has 0 radical (unpaired) electrons. The Kier molecular flexibility index (Phi) is 7.59. The lowest BCUT2D eigenvalue weighted by Crippen LogP contribution is -2.46. The van der Waals surface area contributed by atoms with Gasteiger partial charge in [0.25, 0.3) is 5.91 Å². The van der Waals surface area contributed by atoms with Crippen LogP contribution in [0.15, 0.2) is 42.5 Å². The number of nitrogens with one attached hydrogen (secondary N) is 2. The highest BCUT2D eigenvalue weighted by molar-refractivity contribution is 6.34. The molecule has 1 aliphatic heterocycles. The molecule has 4 nitrogen and oxygen atoms in total. The molecule has 2 aromatic rings. The zero-order valence-electron chi connectivity index (χ0n) is 14.3. The minimum Gasteiger partial charge on any atom is -0.455 e. The molecule has 2 aromatic carbocycles. The van der Waals surface area contributed by atoms with Gasteiger partial charge in [-0.1, -0.05) is 41.4 Å². The molecule has 1 fully saturated rings. The van der Waals surface area contributed by atoms with Crippen LogP contribution in [-0.4, -0.2) is 24.5 Å². The van der Waals surface area contributed by atoms with Crippen molar-refractivity contribution in [3.8, 4) is 11.5 Å². The molecule has 0 aliphatic carbocycles. The second-order valence-electron chi connectivity index (χ2n) is 6.20. The van der Waals surface area contributed by atoms with Crippen LogP contribution in [0.3, 0.4) is 0 Å². The predicted molar refractivity (Wildman–Crippen MR) is 108 cm³/mol. The van der Waals surface area contributed by atoms with E-state index in [-0.39, 0.29) is 24.4 Å². The summed E-state index contributed by atoms with van der Waals surface area (Å²) in [6.45, 7) is 3.00. The molecule has 1 aliphatic rings.